The van der Waals surface area contributed by atoms with Crippen LogP contribution in [0.15, 0.2) is 0 Å². The summed E-state index contributed by atoms with van der Waals surface area (Å²) in [5.41, 5.74) is 0. The first-order valence-corrected chi connectivity index (χ1v) is 10.00. The molecule has 0 spiro atoms. The Morgan fingerprint density at radius 3 is 2.50 bits per heavy atom. The lowest BCUT2D eigenvalue weighted by Crippen LogP contribution is -2.59. The van der Waals surface area contributed by atoms with Gasteiger partial charge in [-0.1, -0.05) is 20.3 Å². The Balaban J connectivity index is 1.87. The number of nitrogens with zero attached hydrogens (tertiary/aromatic N) is 1. The molecule has 0 saturated carbocycles. The highest BCUT2D eigenvalue weighted by molar-refractivity contribution is 7.99. The maximum absolute atomic E-state index is 3.78. The van der Waals surface area contributed by atoms with Gasteiger partial charge in [-0.05, 0) is 63.5 Å². The third kappa shape index (κ3) is 4.38. The molecule has 0 aromatic carbocycles. The molecule has 2 saturated heterocycles. The second-order valence-electron chi connectivity index (χ2n) is 6.64. The van der Waals surface area contributed by atoms with Crippen molar-refractivity contribution in [2.24, 2.45) is 0 Å². The summed E-state index contributed by atoms with van der Waals surface area (Å²) < 4.78 is 0. The molecule has 0 aliphatic carbocycles. The molecule has 0 amide bonds. The van der Waals surface area contributed by atoms with Crippen LogP contribution in [0.5, 0.6) is 0 Å². The lowest BCUT2D eigenvalue weighted by molar-refractivity contribution is -0.00594. The van der Waals surface area contributed by atoms with E-state index in [0.29, 0.717) is 0 Å². The Hall–Kier alpha value is 0.270. The van der Waals surface area contributed by atoms with Crippen LogP contribution in [-0.4, -0.2) is 47.1 Å². The van der Waals surface area contributed by atoms with Gasteiger partial charge in [-0.3, -0.25) is 4.90 Å². The normalized spacial score (nSPS) is 32.2. The van der Waals surface area contributed by atoms with Gasteiger partial charge in [0.15, 0.2) is 0 Å². The van der Waals surface area contributed by atoms with Crippen molar-refractivity contribution in [2.75, 3.05) is 18.1 Å². The first kappa shape index (κ1) is 16.6. The van der Waals surface area contributed by atoms with E-state index in [4.69, 9.17) is 0 Å². The van der Waals surface area contributed by atoms with Crippen LogP contribution in [0.2, 0.25) is 0 Å². The molecule has 118 valence electrons. The van der Waals surface area contributed by atoms with Gasteiger partial charge in [-0.15, -0.1) is 0 Å². The Bertz CT molecular complexity index is 258. The summed E-state index contributed by atoms with van der Waals surface area (Å²) in [5.74, 6) is 2.60. The van der Waals surface area contributed by atoms with E-state index in [1.54, 1.807) is 0 Å². The van der Waals surface area contributed by atoms with Crippen LogP contribution in [0.4, 0.5) is 0 Å². The monoisotopic (exact) mass is 298 g/mol. The molecule has 2 bridgehead atoms. The Morgan fingerprint density at radius 1 is 1.20 bits per heavy atom. The van der Waals surface area contributed by atoms with Crippen molar-refractivity contribution in [3.63, 3.8) is 0 Å². The zero-order valence-electron chi connectivity index (χ0n) is 13.7. The quantitative estimate of drug-likeness (QED) is 0.684. The van der Waals surface area contributed by atoms with Gasteiger partial charge in [0.05, 0.1) is 0 Å². The fourth-order valence-corrected chi connectivity index (χ4v) is 5.00. The van der Waals surface area contributed by atoms with Gasteiger partial charge < -0.3 is 5.32 Å². The molecule has 3 unspecified atom stereocenters. The van der Waals surface area contributed by atoms with E-state index in [-0.39, 0.29) is 0 Å². The van der Waals surface area contributed by atoms with Gasteiger partial charge in [0, 0.05) is 24.2 Å². The second kappa shape index (κ2) is 8.65. The number of piperidine rings is 2. The molecule has 0 aromatic rings. The van der Waals surface area contributed by atoms with E-state index in [9.17, 15) is 0 Å². The van der Waals surface area contributed by atoms with Crippen molar-refractivity contribution in [1.82, 2.24) is 10.2 Å². The molecule has 2 fully saturated rings. The molecule has 0 aromatic heterocycles. The van der Waals surface area contributed by atoms with Gasteiger partial charge in [-0.2, -0.15) is 11.8 Å². The summed E-state index contributed by atoms with van der Waals surface area (Å²) >= 11 is 2.10. The highest BCUT2D eigenvalue weighted by atomic mass is 32.2. The van der Waals surface area contributed by atoms with E-state index < -0.39 is 0 Å². The molecule has 3 atom stereocenters. The highest BCUT2D eigenvalue weighted by Crippen LogP contribution is 2.36. The number of hydrogen-bond donors (Lipinski definition) is 1. The number of thioether (sulfide) groups is 1. The van der Waals surface area contributed by atoms with E-state index in [2.05, 4.69) is 42.7 Å². The maximum atomic E-state index is 3.78. The van der Waals surface area contributed by atoms with Crippen molar-refractivity contribution in [3.8, 4) is 0 Å². The van der Waals surface area contributed by atoms with Gasteiger partial charge in [0.1, 0.15) is 0 Å². The molecule has 2 heterocycles. The summed E-state index contributed by atoms with van der Waals surface area (Å²) in [6.45, 7) is 8.22. The summed E-state index contributed by atoms with van der Waals surface area (Å²) in [5, 5.41) is 3.78. The Morgan fingerprint density at radius 2 is 1.90 bits per heavy atom. The summed E-state index contributed by atoms with van der Waals surface area (Å²) in [4.78, 5) is 2.91. The predicted octanol–water partition coefficient (Wildman–Crippen LogP) is 3.90. The van der Waals surface area contributed by atoms with Crippen LogP contribution < -0.4 is 5.32 Å². The van der Waals surface area contributed by atoms with Crippen LogP contribution >= 0.6 is 11.8 Å². The Labute approximate surface area is 130 Å². The maximum Gasteiger partial charge on any atom is 0.0116 e. The average Bonchev–Trinajstić information content (AvgIpc) is 2.44. The van der Waals surface area contributed by atoms with Crippen LogP contribution in [0.3, 0.4) is 0 Å². The van der Waals surface area contributed by atoms with Gasteiger partial charge in [0.2, 0.25) is 0 Å². The van der Waals surface area contributed by atoms with Gasteiger partial charge in [-0.25, -0.2) is 0 Å². The standard InChI is InChI=1S/C17H34N2S/c1-4-10-18-15-12-16-7-6-8-17(13-15)19(16)14(3)9-11-20-5-2/h14-18H,4-13H2,1-3H3. The second-order valence-corrected chi connectivity index (χ2v) is 8.04. The molecule has 1 N–H and O–H groups in total. The number of hydrogen-bond acceptors (Lipinski definition) is 3. The Kier molecular flexibility index (Phi) is 7.20. The first-order chi connectivity index (χ1) is 9.76. The van der Waals surface area contributed by atoms with Crippen molar-refractivity contribution in [2.45, 2.75) is 89.9 Å². The van der Waals surface area contributed by atoms with E-state index in [1.807, 2.05) is 0 Å². The molecule has 0 radical (unpaired) electrons. The molecular weight excluding hydrogens is 264 g/mol. The minimum absolute atomic E-state index is 0.788. The largest absolute Gasteiger partial charge is 0.314 e. The zero-order valence-corrected chi connectivity index (χ0v) is 14.6. The van der Waals surface area contributed by atoms with Crippen molar-refractivity contribution >= 4 is 11.8 Å². The van der Waals surface area contributed by atoms with Gasteiger partial charge >= 0.3 is 0 Å². The zero-order chi connectivity index (χ0) is 14.4. The van der Waals surface area contributed by atoms with E-state index >= 15 is 0 Å². The van der Waals surface area contributed by atoms with E-state index in [0.717, 1.165) is 24.2 Å². The molecule has 20 heavy (non-hydrogen) atoms. The highest BCUT2D eigenvalue weighted by Gasteiger charge is 2.39. The third-order valence-electron chi connectivity index (χ3n) is 5.11. The molecule has 2 rings (SSSR count). The van der Waals surface area contributed by atoms with Crippen LogP contribution in [0, 0.1) is 0 Å². The van der Waals surface area contributed by atoms with Crippen LogP contribution in [0.1, 0.15) is 65.7 Å². The molecular formula is C17H34N2S. The smallest absolute Gasteiger partial charge is 0.0116 e. The van der Waals surface area contributed by atoms with Crippen LogP contribution in [-0.2, 0) is 0 Å². The lowest BCUT2D eigenvalue weighted by atomic mass is 9.80. The minimum Gasteiger partial charge on any atom is -0.314 e. The van der Waals surface area contributed by atoms with Crippen molar-refractivity contribution in [3.05, 3.63) is 0 Å². The van der Waals surface area contributed by atoms with Crippen molar-refractivity contribution < 1.29 is 0 Å². The minimum atomic E-state index is 0.788. The van der Waals surface area contributed by atoms with Gasteiger partial charge in [0.25, 0.3) is 0 Å². The fraction of sp³-hybridized carbons (Fsp3) is 1.00. The fourth-order valence-electron chi connectivity index (χ4n) is 4.20. The van der Waals surface area contributed by atoms with Crippen molar-refractivity contribution in [1.29, 1.82) is 0 Å². The summed E-state index contributed by atoms with van der Waals surface area (Å²) in [7, 11) is 0. The summed E-state index contributed by atoms with van der Waals surface area (Å²) in [6, 6.07) is 3.30. The SMILES string of the molecule is CCCNC1CC2CCCC(C1)N2C(C)CCSCC. The third-order valence-corrected chi connectivity index (χ3v) is 6.04. The van der Waals surface area contributed by atoms with E-state index in [1.165, 1.54) is 63.0 Å². The van der Waals surface area contributed by atoms with Crippen LogP contribution in [0.25, 0.3) is 0 Å². The molecule has 2 nitrogen and oxygen atoms in total. The first-order valence-electron chi connectivity index (χ1n) is 8.84. The molecule has 3 heteroatoms. The number of fused-ring (bicyclic) bond motifs is 2. The summed E-state index contributed by atoms with van der Waals surface area (Å²) in [6.07, 6.45) is 9.75. The average molecular weight is 299 g/mol. The number of rotatable bonds is 8. The predicted molar refractivity (Wildman–Crippen MR) is 91.7 cm³/mol. The lowest BCUT2D eigenvalue weighted by Gasteiger charge is -2.52. The molecule has 2 aliphatic rings. The topological polar surface area (TPSA) is 15.3 Å². The number of nitrogens with one attached hydrogen (secondary N) is 1. The molecule has 2 aliphatic heterocycles.